The van der Waals surface area contributed by atoms with Gasteiger partial charge in [-0.1, -0.05) is 18.2 Å². The Morgan fingerprint density at radius 3 is 2.68 bits per heavy atom. The van der Waals surface area contributed by atoms with Crippen molar-refractivity contribution in [3.8, 4) is 0 Å². The lowest BCUT2D eigenvalue weighted by Crippen LogP contribution is -2.47. The summed E-state index contributed by atoms with van der Waals surface area (Å²) in [6.45, 7) is 5.24. The summed E-state index contributed by atoms with van der Waals surface area (Å²) < 4.78 is 40.0. The largest absolute Gasteiger partial charge is 0.416 e. The monoisotopic (exact) mass is 309 g/mol. The fraction of sp³-hybridized carbons (Fsp3) is 0.438. The SMILES string of the molecule is Cc1cnn(CC2CN(Cc3cccc(C(F)(F)F)c3)C2)c1. The van der Waals surface area contributed by atoms with E-state index in [0.717, 1.165) is 31.3 Å². The molecule has 0 radical (unpaired) electrons. The minimum Gasteiger partial charge on any atom is -0.298 e. The molecule has 3 nitrogen and oxygen atoms in total. The molecule has 0 bridgehead atoms. The van der Waals surface area contributed by atoms with Gasteiger partial charge >= 0.3 is 6.18 Å². The molecular weight excluding hydrogens is 291 g/mol. The van der Waals surface area contributed by atoms with Crippen molar-refractivity contribution >= 4 is 0 Å². The highest BCUT2D eigenvalue weighted by atomic mass is 19.4. The molecule has 0 saturated carbocycles. The lowest BCUT2D eigenvalue weighted by molar-refractivity contribution is -0.137. The highest BCUT2D eigenvalue weighted by molar-refractivity contribution is 5.25. The Morgan fingerprint density at radius 2 is 2.05 bits per heavy atom. The van der Waals surface area contributed by atoms with Crippen LogP contribution < -0.4 is 0 Å². The van der Waals surface area contributed by atoms with Crippen LogP contribution in [-0.2, 0) is 19.3 Å². The van der Waals surface area contributed by atoms with E-state index < -0.39 is 11.7 Å². The molecular formula is C16H18F3N3. The van der Waals surface area contributed by atoms with Gasteiger partial charge in [-0.2, -0.15) is 18.3 Å². The Labute approximate surface area is 127 Å². The third kappa shape index (κ3) is 3.50. The zero-order chi connectivity index (χ0) is 15.7. The number of aromatic nitrogens is 2. The number of hydrogen-bond donors (Lipinski definition) is 0. The summed E-state index contributed by atoms with van der Waals surface area (Å²) in [5.74, 6) is 0.519. The number of hydrogen-bond acceptors (Lipinski definition) is 2. The second-order valence-corrected chi connectivity index (χ2v) is 6.00. The maximum Gasteiger partial charge on any atom is 0.416 e. The minimum atomic E-state index is -4.27. The molecule has 118 valence electrons. The third-order valence-corrected chi connectivity index (χ3v) is 3.90. The molecule has 1 aliphatic rings. The topological polar surface area (TPSA) is 21.1 Å². The van der Waals surface area contributed by atoms with E-state index in [1.165, 1.54) is 12.1 Å². The molecule has 1 fully saturated rings. The number of benzene rings is 1. The van der Waals surface area contributed by atoms with E-state index >= 15 is 0 Å². The second-order valence-electron chi connectivity index (χ2n) is 6.00. The van der Waals surface area contributed by atoms with Gasteiger partial charge in [0, 0.05) is 38.3 Å². The van der Waals surface area contributed by atoms with E-state index in [2.05, 4.69) is 10.00 Å². The molecule has 1 saturated heterocycles. The number of halogens is 3. The van der Waals surface area contributed by atoms with Crippen molar-refractivity contribution in [2.45, 2.75) is 26.2 Å². The van der Waals surface area contributed by atoms with Crippen LogP contribution in [0.5, 0.6) is 0 Å². The third-order valence-electron chi connectivity index (χ3n) is 3.90. The van der Waals surface area contributed by atoms with Crippen LogP contribution in [0.4, 0.5) is 13.2 Å². The van der Waals surface area contributed by atoms with Crippen LogP contribution in [0.15, 0.2) is 36.7 Å². The number of aryl methyl sites for hydroxylation is 1. The van der Waals surface area contributed by atoms with Gasteiger partial charge in [0.2, 0.25) is 0 Å². The highest BCUT2D eigenvalue weighted by Gasteiger charge is 2.31. The van der Waals surface area contributed by atoms with Gasteiger partial charge in [0.25, 0.3) is 0 Å². The van der Waals surface area contributed by atoms with Crippen LogP contribution in [0.25, 0.3) is 0 Å². The minimum absolute atomic E-state index is 0.519. The molecule has 22 heavy (non-hydrogen) atoms. The lowest BCUT2D eigenvalue weighted by Gasteiger charge is -2.39. The maximum atomic E-state index is 12.7. The van der Waals surface area contributed by atoms with Crippen molar-refractivity contribution in [2.75, 3.05) is 13.1 Å². The zero-order valence-electron chi connectivity index (χ0n) is 12.3. The lowest BCUT2D eigenvalue weighted by atomic mass is 9.99. The van der Waals surface area contributed by atoms with Crippen molar-refractivity contribution in [1.82, 2.24) is 14.7 Å². The molecule has 3 rings (SSSR count). The predicted octanol–water partition coefficient (Wildman–Crippen LogP) is 3.34. The number of nitrogens with zero attached hydrogens (tertiary/aromatic N) is 3. The average molecular weight is 309 g/mol. The highest BCUT2D eigenvalue weighted by Crippen LogP contribution is 2.30. The van der Waals surface area contributed by atoms with Crippen molar-refractivity contribution in [3.05, 3.63) is 53.3 Å². The molecule has 6 heteroatoms. The van der Waals surface area contributed by atoms with Gasteiger partial charge in [-0.25, -0.2) is 0 Å². The summed E-state index contributed by atoms with van der Waals surface area (Å²) in [4.78, 5) is 2.16. The fourth-order valence-corrected chi connectivity index (χ4v) is 2.86. The Balaban J connectivity index is 1.52. The van der Waals surface area contributed by atoms with E-state index in [0.29, 0.717) is 18.0 Å². The first kappa shape index (κ1) is 15.1. The summed E-state index contributed by atoms with van der Waals surface area (Å²) in [6.07, 6.45) is -0.431. The Hall–Kier alpha value is -1.82. The van der Waals surface area contributed by atoms with E-state index in [-0.39, 0.29) is 0 Å². The predicted molar refractivity (Wildman–Crippen MR) is 77.2 cm³/mol. The van der Waals surface area contributed by atoms with Gasteiger partial charge in [0.15, 0.2) is 0 Å². The number of likely N-dealkylation sites (tertiary alicyclic amines) is 1. The Kier molecular flexibility index (Phi) is 3.95. The molecule has 0 N–H and O–H groups in total. The summed E-state index contributed by atoms with van der Waals surface area (Å²) in [5, 5.41) is 4.26. The van der Waals surface area contributed by atoms with E-state index in [4.69, 9.17) is 0 Å². The molecule has 0 amide bonds. The molecule has 1 aliphatic heterocycles. The fourth-order valence-electron chi connectivity index (χ4n) is 2.86. The Morgan fingerprint density at radius 1 is 1.27 bits per heavy atom. The average Bonchev–Trinajstić information content (AvgIpc) is 2.81. The van der Waals surface area contributed by atoms with Gasteiger partial charge in [0.1, 0.15) is 0 Å². The zero-order valence-corrected chi connectivity index (χ0v) is 12.3. The van der Waals surface area contributed by atoms with Crippen LogP contribution in [-0.4, -0.2) is 27.8 Å². The first-order chi connectivity index (χ1) is 10.4. The molecule has 0 spiro atoms. The summed E-state index contributed by atoms with van der Waals surface area (Å²) in [7, 11) is 0. The van der Waals surface area contributed by atoms with E-state index in [1.54, 1.807) is 6.07 Å². The van der Waals surface area contributed by atoms with Crippen LogP contribution in [0.1, 0.15) is 16.7 Å². The molecule has 1 aromatic heterocycles. The number of rotatable bonds is 4. The van der Waals surface area contributed by atoms with Gasteiger partial charge in [-0.15, -0.1) is 0 Å². The van der Waals surface area contributed by atoms with Gasteiger partial charge in [-0.05, 0) is 24.1 Å². The first-order valence-corrected chi connectivity index (χ1v) is 7.28. The summed E-state index contributed by atoms with van der Waals surface area (Å²) in [6, 6.07) is 5.58. The van der Waals surface area contributed by atoms with E-state index in [9.17, 15) is 13.2 Å². The van der Waals surface area contributed by atoms with E-state index in [1.807, 2.05) is 24.0 Å². The molecule has 0 atom stereocenters. The normalized spacial score (nSPS) is 16.7. The van der Waals surface area contributed by atoms with Crippen molar-refractivity contribution in [1.29, 1.82) is 0 Å². The van der Waals surface area contributed by atoms with Crippen LogP contribution >= 0.6 is 0 Å². The van der Waals surface area contributed by atoms with Crippen molar-refractivity contribution in [2.24, 2.45) is 5.92 Å². The molecule has 0 aliphatic carbocycles. The summed E-state index contributed by atoms with van der Waals surface area (Å²) >= 11 is 0. The standard InChI is InChI=1S/C16H18F3N3/c1-12-6-20-22(7-12)11-14-9-21(10-14)8-13-3-2-4-15(5-13)16(17,18)19/h2-7,14H,8-11H2,1H3. The first-order valence-electron chi connectivity index (χ1n) is 7.28. The second kappa shape index (κ2) is 5.76. The maximum absolute atomic E-state index is 12.7. The molecule has 0 unspecified atom stereocenters. The van der Waals surface area contributed by atoms with Crippen LogP contribution in [0.3, 0.4) is 0 Å². The van der Waals surface area contributed by atoms with Gasteiger partial charge in [0.05, 0.1) is 11.8 Å². The van der Waals surface area contributed by atoms with Crippen LogP contribution in [0, 0.1) is 12.8 Å². The summed E-state index contributed by atoms with van der Waals surface area (Å²) in [5.41, 5.74) is 1.28. The van der Waals surface area contributed by atoms with Crippen LogP contribution in [0.2, 0.25) is 0 Å². The molecule has 2 aromatic rings. The quantitative estimate of drug-likeness (QED) is 0.863. The van der Waals surface area contributed by atoms with Gasteiger partial charge < -0.3 is 0 Å². The van der Waals surface area contributed by atoms with Gasteiger partial charge in [-0.3, -0.25) is 9.58 Å². The molecule has 1 aromatic carbocycles. The smallest absolute Gasteiger partial charge is 0.298 e. The van der Waals surface area contributed by atoms with Crippen molar-refractivity contribution in [3.63, 3.8) is 0 Å². The van der Waals surface area contributed by atoms with Crippen molar-refractivity contribution < 1.29 is 13.2 Å². The Bertz CT molecular complexity index is 642. The number of alkyl halides is 3. The molecule has 2 heterocycles.